The van der Waals surface area contributed by atoms with E-state index in [0.29, 0.717) is 16.3 Å². The number of anilines is 1. The topological polar surface area (TPSA) is 81.4 Å². The largest absolute Gasteiger partial charge is 0.483 e. The molecule has 5 nitrogen and oxygen atoms in total. The van der Waals surface area contributed by atoms with Gasteiger partial charge in [-0.2, -0.15) is 0 Å². The molecule has 0 unspecified atom stereocenters. The summed E-state index contributed by atoms with van der Waals surface area (Å²) in [5.41, 5.74) is 8.06. The van der Waals surface area contributed by atoms with Crippen molar-refractivity contribution in [2.75, 3.05) is 11.9 Å². The van der Waals surface area contributed by atoms with Crippen molar-refractivity contribution in [3.63, 3.8) is 0 Å². The first-order valence-electron chi connectivity index (χ1n) is 8.65. The predicted octanol–water partition coefficient (Wildman–Crippen LogP) is 4.07. The zero-order valence-electron chi connectivity index (χ0n) is 14.6. The first-order valence-corrected chi connectivity index (χ1v) is 10.3. The van der Waals surface area contributed by atoms with Crippen molar-refractivity contribution in [3.05, 3.63) is 44.2 Å². The average molecular weight is 437 g/mol. The Kier molecular flexibility index (Phi) is 5.98. The van der Waals surface area contributed by atoms with Crippen LogP contribution in [-0.2, 0) is 24.1 Å². The highest BCUT2D eigenvalue weighted by Gasteiger charge is 2.25. The van der Waals surface area contributed by atoms with Gasteiger partial charge in [-0.25, -0.2) is 0 Å². The Balaban J connectivity index is 1.71. The fraction of sp³-hybridized carbons (Fsp3) is 0.368. The van der Waals surface area contributed by atoms with E-state index in [1.807, 2.05) is 25.1 Å². The molecule has 3 rings (SSSR count). The number of nitrogens with one attached hydrogen (secondary N) is 1. The Labute approximate surface area is 165 Å². The number of nitrogens with two attached hydrogens (primary N) is 1. The zero-order chi connectivity index (χ0) is 18.7. The van der Waals surface area contributed by atoms with Gasteiger partial charge in [0.25, 0.3) is 11.8 Å². The first-order chi connectivity index (χ1) is 12.5. The molecule has 26 heavy (non-hydrogen) atoms. The van der Waals surface area contributed by atoms with Crippen LogP contribution in [0.5, 0.6) is 5.75 Å². The molecule has 1 aliphatic rings. The minimum Gasteiger partial charge on any atom is -0.483 e. The molecule has 1 aliphatic carbocycles. The maximum Gasteiger partial charge on any atom is 0.262 e. The van der Waals surface area contributed by atoms with Crippen LogP contribution in [0.25, 0.3) is 0 Å². The number of ether oxygens (including phenoxy) is 1. The summed E-state index contributed by atoms with van der Waals surface area (Å²) in [5.74, 6) is -0.0932. The normalized spacial score (nSPS) is 13.2. The summed E-state index contributed by atoms with van der Waals surface area (Å²) in [6.45, 7) is 1.92. The van der Waals surface area contributed by atoms with E-state index in [4.69, 9.17) is 10.5 Å². The third-order valence-electron chi connectivity index (χ3n) is 4.43. The van der Waals surface area contributed by atoms with Crippen molar-refractivity contribution in [2.45, 2.75) is 39.0 Å². The molecule has 0 atom stereocenters. The number of carbonyl (C=O) groups is 2. The molecular formula is C19H21BrN2O3S. The number of carbonyl (C=O) groups excluding carboxylic acids is 2. The van der Waals surface area contributed by atoms with Gasteiger partial charge in [0.2, 0.25) is 0 Å². The first kappa shape index (κ1) is 18.9. The van der Waals surface area contributed by atoms with E-state index in [1.165, 1.54) is 11.3 Å². The molecular weight excluding hydrogens is 416 g/mol. The van der Waals surface area contributed by atoms with Crippen LogP contribution in [0, 0.1) is 0 Å². The second kappa shape index (κ2) is 8.22. The van der Waals surface area contributed by atoms with E-state index < -0.39 is 5.91 Å². The molecule has 0 bridgehead atoms. The van der Waals surface area contributed by atoms with Crippen LogP contribution in [0.3, 0.4) is 0 Å². The van der Waals surface area contributed by atoms with Crippen LogP contribution in [-0.4, -0.2) is 18.4 Å². The number of aryl methyl sites for hydroxylation is 2. The van der Waals surface area contributed by atoms with Gasteiger partial charge < -0.3 is 15.8 Å². The van der Waals surface area contributed by atoms with Crippen molar-refractivity contribution < 1.29 is 14.3 Å². The number of thiophene rings is 1. The summed E-state index contributed by atoms with van der Waals surface area (Å²) >= 11 is 4.89. The van der Waals surface area contributed by atoms with E-state index in [-0.39, 0.29) is 12.5 Å². The number of fused-ring (bicyclic) bond motifs is 1. The maximum atomic E-state index is 12.3. The molecule has 0 spiro atoms. The summed E-state index contributed by atoms with van der Waals surface area (Å²) in [7, 11) is 0. The Morgan fingerprint density at radius 1 is 1.31 bits per heavy atom. The summed E-state index contributed by atoms with van der Waals surface area (Å²) in [6.07, 6.45) is 4.73. The number of benzene rings is 1. The predicted molar refractivity (Wildman–Crippen MR) is 107 cm³/mol. The standard InChI is InChI=1S/C19H21BrN2O3S/c1-2-11-9-12(20)7-8-14(11)25-10-16(23)22-19-17(18(21)24)13-5-3-4-6-15(13)26-19/h7-9H,2-6,10H2,1H3,(H2,21,24)(H,22,23). The van der Waals surface area contributed by atoms with Crippen LogP contribution in [0.2, 0.25) is 0 Å². The second-order valence-corrected chi connectivity index (χ2v) is 8.24. The molecule has 2 aromatic rings. The molecule has 0 aliphatic heterocycles. The number of primary amides is 1. The van der Waals surface area contributed by atoms with Crippen molar-refractivity contribution in [2.24, 2.45) is 5.73 Å². The second-order valence-electron chi connectivity index (χ2n) is 6.22. The van der Waals surface area contributed by atoms with Gasteiger partial charge >= 0.3 is 0 Å². The van der Waals surface area contributed by atoms with Gasteiger partial charge in [0.05, 0.1) is 5.56 Å². The van der Waals surface area contributed by atoms with Crippen LogP contribution in [0.4, 0.5) is 5.00 Å². The van der Waals surface area contributed by atoms with Gasteiger partial charge in [-0.15, -0.1) is 11.3 Å². The molecule has 0 saturated carbocycles. The Bertz CT molecular complexity index is 848. The number of hydrogen-bond donors (Lipinski definition) is 2. The molecule has 1 heterocycles. The van der Waals surface area contributed by atoms with Crippen molar-refractivity contribution >= 4 is 44.1 Å². The highest BCUT2D eigenvalue weighted by molar-refractivity contribution is 9.10. The number of hydrogen-bond acceptors (Lipinski definition) is 4. The molecule has 0 radical (unpaired) electrons. The van der Waals surface area contributed by atoms with Crippen molar-refractivity contribution in [3.8, 4) is 5.75 Å². The van der Waals surface area contributed by atoms with Crippen LogP contribution < -0.4 is 15.8 Å². The minimum absolute atomic E-state index is 0.116. The summed E-state index contributed by atoms with van der Waals surface area (Å²) < 4.78 is 6.65. The van der Waals surface area contributed by atoms with Crippen molar-refractivity contribution in [1.82, 2.24) is 0 Å². The van der Waals surface area contributed by atoms with Crippen molar-refractivity contribution in [1.29, 1.82) is 0 Å². The fourth-order valence-corrected chi connectivity index (χ4v) is 4.91. The van der Waals surface area contributed by atoms with E-state index in [1.54, 1.807) is 0 Å². The Hall–Kier alpha value is -1.86. The monoisotopic (exact) mass is 436 g/mol. The number of halogens is 1. The SMILES string of the molecule is CCc1cc(Br)ccc1OCC(=O)Nc1sc2c(c1C(N)=O)CCCC2. The average Bonchev–Trinajstić information content (AvgIpc) is 2.98. The van der Waals surface area contributed by atoms with E-state index in [9.17, 15) is 9.59 Å². The minimum atomic E-state index is -0.484. The van der Waals surface area contributed by atoms with Gasteiger partial charge in [-0.05, 0) is 61.4 Å². The highest BCUT2D eigenvalue weighted by Crippen LogP contribution is 2.37. The molecule has 1 aromatic carbocycles. The molecule has 7 heteroatoms. The molecule has 1 aromatic heterocycles. The molecule has 3 N–H and O–H groups in total. The third-order valence-corrected chi connectivity index (χ3v) is 6.13. The highest BCUT2D eigenvalue weighted by atomic mass is 79.9. The molecule has 0 fully saturated rings. The van der Waals surface area contributed by atoms with Gasteiger partial charge in [-0.1, -0.05) is 22.9 Å². The van der Waals surface area contributed by atoms with Crippen LogP contribution >= 0.6 is 27.3 Å². The maximum absolute atomic E-state index is 12.3. The lowest BCUT2D eigenvalue weighted by Gasteiger charge is -2.12. The number of rotatable bonds is 6. The van der Waals surface area contributed by atoms with Gasteiger partial charge in [0.1, 0.15) is 10.8 Å². The van der Waals surface area contributed by atoms with Gasteiger partial charge in [0, 0.05) is 9.35 Å². The molecule has 0 saturated heterocycles. The molecule has 138 valence electrons. The summed E-state index contributed by atoms with van der Waals surface area (Å²) in [6, 6.07) is 5.70. The van der Waals surface area contributed by atoms with Crippen LogP contribution in [0.1, 0.15) is 46.1 Å². The quantitative estimate of drug-likeness (QED) is 0.715. The Morgan fingerprint density at radius 3 is 2.81 bits per heavy atom. The molecule has 2 amide bonds. The van der Waals surface area contributed by atoms with Gasteiger partial charge in [0.15, 0.2) is 6.61 Å². The summed E-state index contributed by atoms with van der Waals surface area (Å²) in [4.78, 5) is 25.4. The van der Waals surface area contributed by atoms with Crippen LogP contribution in [0.15, 0.2) is 22.7 Å². The smallest absolute Gasteiger partial charge is 0.262 e. The van der Waals surface area contributed by atoms with Gasteiger partial charge in [-0.3, -0.25) is 9.59 Å². The van der Waals surface area contributed by atoms with E-state index in [2.05, 4.69) is 21.2 Å². The lowest BCUT2D eigenvalue weighted by molar-refractivity contribution is -0.118. The zero-order valence-corrected chi connectivity index (χ0v) is 17.0. The lowest BCUT2D eigenvalue weighted by atomic mass is 9.95. The summed E-state index contributed by atoms with van der Waals surface area (Å²) in [5, 5.41) is 3.36. The third kappa shape index (κ3) is 4.10. The van der Waals surface area contributed by atoms with E-state index >= 15 is 0 Å². The Morgan fingerprint density at radius 2 is 2.08 bits per heavy atom. The lowest BCUT2D eigenvalue weighted by Crippen LogP contribution is -2.22. The number of amides is 2. The van der Waals surface area contributed by atoms with E-state index in [0.717, 1.165) is 52.6 Å². The fourth-order valence-electron chi connectivity index (χ4n) is 3.19.